The average molecular weight is 427 g/mol. The van der Waals surface area contributed by atoms with Crippen molar-refractivity contribution in [2.75, 3.05) is 12.9 Å². The van der Waals surface area contributed by atoms with E-state index in [-0.39, 0.29) is 28.3 Å². The number of benzene rings is 2. The molecule has 1 amide bonds. The van der Waals surface area contributed by atoms with E-state index < -0.39 is 34.1 Å². The SMILES string of the molecule is CCS(=O)(=O)c1ccc(CNC(=O)c2ccc(OC(F)F)c(C(=O)OC)c2)cc1. The number of alkyl halides is 2. The van der Waals surface area contributed by atoms with Crippen LogP contribution in [0, 0.1) is 0 Å². The fourth-order valence-corrected chi connectivity index (χ4v) is 3.29. The molecule has 0 heterocycles. The quantitative estimate of drug-likeness (QED) is 0.651. The van der Waals surface area contributed by atoms with Crippen molar-refractivity contribution in [2.24, 2.45) is 0 Å². The first-order valence-corrected chi connectivity index (χ1v) is 10.1. The van der Waals surface area contributed by atoms with E-state index >= 15 is 0 Å². The molecule has 29 heavy (non-hydrogen) atoms. The summed E-state index contributed by atoms with van der Waals surface area (Å²) in [7, 11) is -2.24. The Morgan fingerprint density at radius 2 is 1.76 bits per heavy atom. The van der Waals surface area contributed by atoms with Gasteiger partial charge in [0.2, 0.25) is 0 Å². The Bertz CT molecular complexity index is 990. The third-order valence-corrected chi connectivity index (χ3v) is 5.73. The highest BCUT2D eigenvalue weighted by Crippen LogP contribution is 2.23. The molecule has 0 unspecified atom stereocenters. The molecule has 0 saturated heterocycles. The first kappa shape index (κ1) is 22.3. The third-order valence-electron chi connectivity index (χ3n) is 3.98. The van der Waals surface area contributed by atoms with Crippen LogP contribution in [-0.2, 0) is 21.1 Å². The molecular weight excluding hydrogens is 408 g/mol. The minimum atomic E-state index is -3.31. The van der Waals surface area contributed by atoms with Crippen molar-refractivity contribution >= 4 is 21.7 Å². The second-order valence-corrected chi connectivity index (χ2v) is 8.09. The molecule has 0 aliphatic heterocycles. The van der Waals surface area contributed by atoms with Crippen LogP contribution < -0.4 is 10.1 Å². The van der Waals surface area contributed by atoms with Crippen LogP contribution in [0.15, 0.2) is 47.4 Å². The van der Waals surface area contributed by atoms with Gasteiger partial charge in [-0.25, -0.2) is 13.2 Å². The molecule has 1 N–H and O–H groups in total. The van der Waals surface area contributed by atoms with Crippen LogP contribution in [0.1, 0.15) is 33.2 Å². The number of rotatable bonds is 8. The van der Waals surface area contributed by atoms with Gasteiger partial charge in [-0.15, -0.1) is 0 Å². The highest BCUT2D eigenvalue weighted by Gasteiger charge is 2.19. The minimum Gasteiger partial charge on any atom is -0.465 e. The number of carbonyl (C=O) groups excluding carboxylic acids is 2. The fraction of sp³-hybridized carbons (Fsp3) is 0.263. The summed E-state index contributed by atoms with van der Waals surface area (Å²) >= 11 is 0. The van der Waals surface area contributed by atoms with Gasteiger partial charge in [-0.3, -0.25) is 4.79 Å². The van der Waals surface area contributed by atoms with E-state index in [0.29, 0.717) is 5.56 Å². The smallest absolute Gasteiger partial charge is 0.387 e. The molecule has 0 fully saturated rings. The van der Waals surface area contributed by atoms with Gasteiger partial charge in [-0.05, 0) is 35.9 Å². The highest BCUT2D eigenvalue weighted by atomic mass is 32.2. The van der Waals surface area contributed by atoms with Crippen LogP contribution in [0.25, 0.3) is 0 Å². The fourth-order valence-electron chi connectivity index (χ4n) is 2.41. The maximum atomic E-state index is 12.5. The van der Waals surface area contributed by atoms with Gasteiger partial charge in [-0.2, -0.15) is 8.78 Å². The number of hydrogen-bond acceptors (Lipinski definition) is 6. The number of halogens is 2. The van der Waals surface area contributed by atoms with E-state index in [4.69, 9.17) is 0 Å². The second kappa shape index (κ2) is 9.46. The van der Waals surface area contributed by atoms with Gasteiger partial charge < -0.3 is 14.8 Å². The standard InChI is InChI=1S/C19H19F2NO6S/c1-3-29(25,26)14-7-4-12(5-8-14)11-22-17(23)13-6-9-16(28-19(20)21)15(10-13)18(24)27-2/h4-10,19H,3,11H2,1-2H3,(H,22,23). The number of sulfone groups is 1. The molecule has 0 bridgehead atoms. The summed E-state index contributed by atoms with van der Waals surface area (Å²) < 4.78 is 57.3. The highest BCUT2D eigenvalue weighted by molar-refractivity contribution is 7.91. The van der Waals surface area contributed by atoms with Gasteiger partial charge in [0.25, 0.3) is 5.91 Å². The lowest BCUT2D eigenvalue weighted by atomic mass is 10.1. The number of amides is 1. The summed E-state index contributed by atoms with van der Waals surface area (Å²) in [6.07, 6.45) is 0. The number of ether oxygens (including phenoxy) is 2. The number of carbonyl (C=O) groups is 2. The molecule has 2 aromatic carbocycles. The van der Waals surface area contributed by atoms with E-state index in [1.807, 2.05) is 0 Å². The van der Waals surface area contributed by atoms with E-state index in [1.54, 1.807) is 19.1 Å². The molecule has 0 saturated carbocycles. The topological polar surface area (TPSA) is 98.8 Å². The molecule has 0 atom stereocenters. The molecule has 156 valence electrons. The minimum absolute atomic E-state index is 0.0170. The number of hydrogen-bond donors (Lipinski definition) is 1. The van der Waals surface area contributed by atoms with Crippen LogP contribution in [0.2, 0.25) is 0 Å². The molecule has 0 aliphatic carbocycles. The van der Waals surface area contributed by atoms with E-state index in [9.17, 15) is 26.8 Å². The number of methoxy groups -OCH3 is 1. The number of esters is 1. The maximum absolute atomic E-state index is 12.5. The van der Waals surface area contributed by atoms with Crippen LogP contribution in [0.5, 0.6) is 5.75 Å². The largest absolute Gasteiger partial charge is 0.465 e. The van der Waals surface area contributed by atoms with Crippen molar-refractivity contribution in [3.8, 4) is 5.75 Å². The molecule has 0 aromatic heterocycles. The van der Waals surface area contributed by atoms with Gasteiger partial charge >= 0.3 is 12.6 Å². The molecule has 7 nitrogen and oxygen atoms in total. The Labute approximate surface area is 166 Å². The zero-order valence-corrected chi connectivity index (χ0v) is 16.5. The Morgan fingerprint density at radius 1 is 1.10 bits per heavy atom. The molecule has 0 spiro atoms. The lowest BCUT2D eigenvalue weighted by Gasteiger charge is -2.11. The normalized spacial score (nSPS) is 11.2. The van der Waals surface area contributed by atoms with Gasteiger partial charge in [0.15, 0.2) is 9.84 Å². The van der Waals surface area contributed by atoms with Gasteiger partial charge in [0.1, 0.15) is 11.3 Å². The van der Waals surface area contributed by atoms with Gasteiger partial charge in [0, 0.05) is 12.1 Å². The first-order chi connectivity index (χ1) is 13.7. The molecule has 10 heteroatoms. The monoisotopic (exact) mass is 427 g/mol. The second-order valence-electron chi connectivity index (χ2n) is 5.81. The summed E-state index contributed by atoms with van der Waals surface area (Å²) in [5, 5.41) is 2.60. The molecule has 0 radical (unpaired) electrons. The summed E-state index contributed by atoms with van der Waals surface area (Å²) in [4.78, 5) is 24.3. The van der Waals surface area contributed by atoms with Crippen LogP contribution in [0.4, 0.5) is 8.78 Å². The molecule has 2 rings (SSSR count). The summed E-state index contributed by atoms with van der Waals surface area (Å²) in [5.41, 5.74) is 0.381. The van der Waals surface area contributed by atoms with E-state index in [0.717, 1.165) is 19.2 Å². The summed E-state index contributed by atoms with van der Waals surface area (Å²) in [5.74, 6) is -1.92. The van der Waals surface area contributed by atoms with Crippen molar-refractivity contribution in [3.05, 3.63) is 59.2 Å². The van der Waals surface area contributed by atoms with Gasteiger partial charge in [-0.1, -0.05) is 19.1 Å². The molecular formula is C19H19F2NO6S. The van der Waals surface area contributed by atoms with Crippen LogP contribution >= 0.6 is 0 Å². The van der Waals surface area contributed by atoms with E-state index in [2.05, 4.69) is 14.8 Å². The van der Waals surface area contributed by atoms with Crippen molar-refractivity contribution in [1.29, 1.82) is 0 Å². The Morgan fingerprint density at radius 3 is 2.31 bits per heavy atom. The lowest BCUT2D eigenvalue weighted by Crippen LogP contribution is -2.23. The van der Waals surface area contributed by atoms with Gasteiger partial charge in [0.05, 0.1) is 17.8 Å². The average Bonchev–Trinajstić information content (AvgIpc) is 2.71. The van der Waals surface area contributed by atoms with Crippen molar-refractivity contribution < 1.29 is 36.3 Å². The lowest BCUT2D eigenvalue weighted by molar-refractivity contribution is -0.0504. The Balaban J connectivity index is 2.13. The Kier molecular flexibility index (Phi) is 7.27. The van der Waals surface area contributed by atoms with Crippen molar-refractivity contribution in [2.45, 2.75) is 25.0 Å². The number of nitrogens with one attached hydrogen (secondary N) is 1. The Hall–Kier alpha value is -3.01. The first-order valence-electron chi connectivity index (χ1n) is 8.45. The predicted molar refractivity (Wildman–Crippen MR) is 99.8 cm³/mol. The van der Waals surface area contributed by atoms with Crippen LogP contribution in [0.3, 0.4) is 0 Å². The van der Waals surface area contributed by atoms with E-state index in [1.165, 1.54) is 18.2 Å². The molecule has 2 aromatic rings. The van der Waals surface area contributed by atoms with Crippen molar-refractivity contribution in [1.82, 2.24) is 5.32 Å². The summed E-state index contributed by atoms with van der Waals surface area (Å²) in [6.45, 7) is -1.50. The zero-order valence-electron chi connectivity index (χ0n) is 15.6. The zero-order chi connectivity index (χ0) is 21.6. The van der Waals surface area contributed by atoms with Crippen molar-refractivity contribution in [3.63, 3.8) is 0 Å². The summed E-state index contributed by atoms with van der Waals surface area (Å²) in [6, 6.07) is 9.45. The van der Waals surface area contributed by atoms with Crippen LogP contribution in [-0.4, -0.2) is 39.8 Å². The maximum Gasteiger partial charge on any atom is 0.387 e. The predicted octanol–water partition coefficient (Wildman–Crippen LogP) is 2.80. The third kappa shape index (κ3) is 5.74. The molecule has 0 aliphatic rings.